The van der Waals surface area contributed by atoms with E-state index in [-0.39, 0.29) is 0 Å². The number of benzene rings is 2. The van der Waals surface area contributed by atoms with E-state index in [1.54, 1.807) is 12.7 Å². The third-order valence-corrected chi connectivity index (χ3v) is 23.1. The van der Waals surface area contributed by atoms with E-state index in [0.717, 1.165) is 155 Å². The Bertz CT molecular complexity index is 4030. The lowest BCUT2D eigenvalue weighted by Gasteiger charge is -2.19. The predicted molar refractivity (Wildman–Crippen MR) is 497 cm³/mol. The van der Waals surface area contributed by atoms with E-state index < -0.39 is 0 Å². The molecule has 8 bridgehead atoms. The normalized spacial score (nSPS) is 11.7. The first-order valence-corrected chi connectivity index (χ1v) is 47.5. The maximum atomic E-state index is 7.11. The molecule has 2 N–H and O–H groups in total. The Morgan fingerprint density at radius 1 is 0.280 bits per heavy atom. The predicted octanol–water partition coefficient (Wildman–Crippen LogP) is 29.4. The first-order valence-electron chi connectivity index (χ1n) is 47.5. The molecule has 14 nitrogen and oxygen atoms in total. The average molecular weight is 1610 g/mol. The second kappa shape index (κ2) is 56.0. The number of aromatic amines is 2. The van der Waals surface area contributed by atoms with Gasteiger partial charge in [-0.05, 0) is 134 Å². The molecule has 0 amide bonds. The van der Waals surface area contributed by atoms with E-state index in [1.807, 2.05) is 35.6 Å². The highest BCUT2D eigenvalue weighted by molar-refractivity contribution is 5.96. The summed E-state index contributed by atoms with van der Waals surface area (Å²) in [7, 11) is 3.96. The van der Waals surface area contributed by atoms with Gasteiger partial charge < -0.3 is 47.5 Å². The number of ether oxygens (including phenoxy) is 6. The van der Waals surface area contributed by atoms with Crippen LogP contribution in [0.3, 0.4) is 0 Å². The maximum Gasteiger partial charge on any atom is 0.203 e. The van der Waals surface area contributed by atoms with Crippen molar-refractivity contribution in [1.29, 1.82) is 0 Å². The van der Waals surface area contributed by atoms with Crippen molar-refractivity contribution < 1.29 is 28.4 Å². The summed E-state index contributed by atoms with van der Waals surface area (Å²) in [6.45, 7) is 17.1. The van der Waals surface area contributed by atoms with Gasteiger partial charge >= 0.3 is 0 Å². The van der Waals surface area contributed by atoms with E-state index in [0.29, 0.717) is 85.5 Å². The molecule has 118 heavy (non-hydrogen) atoms. The number of hydrogen-bond acceptors (Lipinski definition) is 10. The van der Waals surface area contributed by atoms with Gasteiger partial charge in [0.25, 0.3) is 0 Å². The van der Waals surface area contributed by atoms with Gasteiger partial charge in [-0.15, -0.1) is 0 Å². The Balaban J connectivity index is 1.25. The molecule has 0 spiro atoms. The molecule has 0 saturated carbocycles. The second-order valence-electron chi connectivity index (χ2n) is 33.3. The number of aryl methyl sites for hydroxylation is 2. The van der Waals surface area contributed by atoms with Crippen LogP contribution in [-0.2, 0) is 14.1 Å². The molecule has 0 fully saturated rings. The van der Waals surface area contributed by atoms with Crippen molar-refractivity contribution in [3.05, 3.63) is 119 Å². The van der Waals surface area contributed by atoms with Crippen molar-refractivity contribution in [1.82, 2.24) is 39.0 Å². The highest BCUT2D eigenvalue weighted by Gasteiger charge is 2.25. The lowest BCUT2D eigenvalue weighted by Crippen LogP contribution is -2.07. The van der Waals surface area contributed by atoms with Crippen molar-refractivity contribution in [2.45, 2.75) is 350 Å². The zero-order valence-corrected chi connectivity index (χ0v) is 74.6. The molecule has 0 radical (unpaired) electrons. The van der Waals surface area contributed by atoms with Crippen LogP contribution in [0.5, 0.6) is 34.5 Å². The van der Waals surface area contributed by atoms with Crippen molar-refractivity contribution in [3.63, 3.8) is 0 Å². The van der Waals surface area contributed by atoms with Crippen LogP contribution in [0.2, 0.25) is 0 Å². The number of imidazole rings is 2. The molecular formula is C104H150N8O6. The van der Waals surface area contributed by atoms with E-state index >= 15 is 0 Å². The van der Waals surface area contributed by atoms with Gasteiger partial charge in [0, 0.05) is 36.3 Å². The topological polar surface area (TPSA) is 148 Å². The van der Waals surface area contributed by atoms with Crippen LogP contribution in [0.4, 0.5) is 0 Å². The minimum absolute atomic E-state index is 0.555. The lowest BCUT2D eigenvalue weighted by atomic mass is 10.0. The Hall–Kier alpha value is -8.62. The standard InChI is InChI=1S/C104H150N8O6/c1-9-15-21-27-33-39-45-51-69-113-97-75-83(76-98(114-70-52-46-40-34-28-22-16-10-2)103(97)117-73-55-49-43-37-31-25-19-13-5)101-93-65-61-89(107-93)87(59-57-85-79-105-81-111(85)7)91-63-67-95(109-91)102(96-68-64-92(110-96)88(90-62-66-94(101)108-90)60-58-86-80-106-82-112(86)8)84-77-99(115-71-53-47-41-35-29-23-17-11-3)104(118-74-56-50-44-38-32-26-20-14-6)100(78-84)116-72-54-48-42-36-30-24-18-12-4/h61-68,75-82,107,110H,9-56,69-74H2,1-8H3. The zero-order chi connectivity index (χ0) is 82.7. The van der Waals surface area contributed by atoms with Crippen LogP contribution in [0, 0.1) is 23.7 Å². The number of rotatable bonds is 62. The monoisotopic (exact) mass is 1610 g/mol. The number of aromatic nitrogens is 8. The molecule has 9 rings (SSSR count). The highest BCUT2D eigenvalue weighted by atomic mass is 16.5. The van der Waals surface area contributed by atoms with Gasteiger partial charge in [-0.2, -0.15) is 0 Å². The fraction of sp³-hybridized carbons (Fsp3) is 0.596. The summed E-state index contributed by atoms with van der Waals surface area (Å²) in [5, 5.41) is 0. The first-order chi connectivity index (χ1) is 58.2. The Morgan fingerprint density at radius 2 is 0.517 bits per heavy atom. The zero-order valence-electron chi connectivity index (χ0n) is 74.6. The molecule has 5 aromatic heterocycles. The van der Waals surface area contributed by atoms with Crippen LogP contribution < -0.4 is 28.4 Å². The minimum atomic E-state index is 0.555. The van der Waals surface area contributed by atoms with Gasteiger partial charge in [0.15, 0.2) is 23.0 Å². The van der Waals surface area contributed by atoms with E-state index in [9.17, 15) is 0 Å². The van der Waals surface area contributed by atoms with E-state index in [2.05, 4.69) is 158 Å². The van der Waals surface area contributed by atoms with Crippen molar-refractivity contribution in [2.24, 2.45) is 14.1 Å². The third-order valence-electron chi connectivity index (χ3n) is 23.1. The summed E-state index contributed by atoms with van der Waals surface area (Å²) in [6.07, 6.45) is 73.5. The third kappa shape index (κ3) is 31.8. The maximum absolute atomic E-state index is 7.11. The summed E-state index contributed by atoms with van der Waals surface area (Å²) >= 11 is 0. The average Bonchev–Trinajstić information content (AvgIpc) is 1.64. The summed E-state index contributed by atoms with van der Waals surface area (Å²) in [5.41, 5.74) is 12.6. The molecular weight excluding hydrogens is 1460 g/mol. The Kier molecular flexibility index (Phi) is 44.3. The van der Waals surface area contributed by atoms with Crippen molar-refractivity contribution >= 4 is 46.4 Å². The van der Waals surface area contributed by atoms with Gasteiger partial charge in [-0.25, -0.2) is 19.9 Å². The largest absolute Gasteiger partial charge is 0.490 e. The number of H-pyrrole nitrogens is 2. The van der Waals surface area contributed by atoms with Crippen LogP contribution >= 0.6 is 0 Å². The Morgan fingerprint density at radius 3 is 0.771 bits per heavy atom. The molecule has 14 heteroatoms. The highest BCUT2D eigenvalue weighted by Crippen LogP contribution is 2.47. The number of unbranched alkanes of at least 4 members (excludes halogenated alkanes) is 42. The lowest BCUT2D eigenvalue weighted by molar-refractivity contribution is 0.234. The quantitative estimate of drug-likeness (QED) is 0.0279. The molecule has 642 valence electrons. The summed E-state index contributed by atoms with van der Waals surface area (Å²) in [6, 6.07) is 17.3. The number of fused-ring (bicyclic) bond motifs is 8. The van der Waals surface area contributed by atoms with Crippen LogP contribution in [0.1, 0.15) is 395 Å². The molecule has 2 aromatic carbocycles. The van der Waals surface area contributed by atoms with Gasteiger partial charge in [0.05, 0.1) is 110 Å². The van der Waals surface area contributed by atoms with E-state index in [1.165, 1.54) is 231 Å². The number of hydrogen-bond donors (Lipinski definition) is 2. The molecule has 7 aromatic rings. The molecule has 0 aliphatic carbocycles. The van der Waals surface area contributed by atoms with Crippen LogP contribution in [0.25, 0.3) is 68.6 Å². The molecule has 2 aliphatic heterocycles. The fourth-order valence-corrected chi connectivity index (χ4v) is 15.9. The van der Waals surface area contributed by atoms with Crippen LogP contribution in [-0.4, -0.2) is 78.7 Å². The van der Waals surface area contributed by atoms with Gasteiger partial charge in [-0.3, -0.25) is 0 Å². The van der Waals surface area contributed by atoms with Crippen molar-refractivity contribution in [2.75, 3.05) is 39.6 Å². The minimum Gasteiger partial charge on any atom is -0.490 e. The molecule has 2 aliphatic rings. The molecule has 7 heterocycles. The molecule has 0 atom stereocenters. The molecule has 0 unspecified atom stereocenters. The second-order valence-corrected chi connectivity index (χ2v) is 33.3. The van der Waals surface area contributed by atoms with Crippen molar-refractivity contribution in [3.8, 4) is 80.4 Å². The van der Waals surface area contributed by atoms with Gasteiger partial charge in [0.1, 0.15) is 11.4 Å². The molecule has 0 saturated heterocycles. The smallest absolute Gasteiger partial charge is 0.203 e. The Labute approximate surface area is 712 Å². The fourth-order valence-electron chi connectivity index (χ4n) is 15.9. The van der Waals surface area contributed by atoms with Crippen LogP contribution in [0.15, 0.2) is 73.6 Å². The first kappa shape index (κ1) is 93.2. The summed E-state index contributed by atoms with van der Waals surface area (Å²) in [5.74, 6) is 18.5. The SMILES string of the molecule is CCCCCCCCCCOc1cc(-c2c3nc(c(C#Cc4cncn4C)c4ccc([nH]4)c(-c4cc(OCCCCCCCCCC)c(OCCCCCCCCCC)c(OCCCCCCCCCC)c4)c4nc(c(C#Cc5cncn5C)c5ccc2[nH]5)C=C4)C=C3)cc(OCCCCCCCCCC)c1OCCCCCCCCCC. The number of nitrogens with zero attached hydrogens (tertiary/aromatic N) is 6. The van der Waals surface area contributed by atoms with Gasteiger partial charge in [-0.1, -0.05) is 323 Å². The summed E-state index contributed by atoms with van der Waals surface area (Å²) < 4.78 is 46.4. The van der Waals surface area contributed by atoms with E-state index in [4.69, 9.17) is 38.4 Å². The number of nitrogens with one attached hydrogen (secondary N) is 2. The van der Waals surface area contributed by atoms with Gasteiger partial charge in [0.2, 0.25) is 11.5 Å². The summed E-state index contributed by atoms with van der Waals surface area (Å²) in [4.78, 5) is 28.4.